The van der Waals surface area contributed by atoms with Crippen LogP contribution in [0.1, 0.15) is 41.5 Å². The highest BCUT2D eigenvalue weighted by Gasteiger charge is 2.34. The van der Waals surface area contributed by atoms with Crippen LogP contribution in [0, 0.1) is 5.41 Å². The lowest BCUT2D eigenvalue weighted by Gasteiger charge is -2.40. The van der Waals surface area contributed by atoms with Crippen LogP contribution < -0.4 is 5.32 Å². The molecule has 4 heteroatoms. The predicted octanol–water partition coefficient (Wildman–Crippen LogP) is 1.56. The summed E-state index contributed by atoms with van der Waals surface area (Å²) in [5, 5.41) is 3.17. The second-order valence-electron chi connectivity index (χ2n) is 7.13. The van der Waals surface area contributed by atoms with Crippen LogP contribution in [0.25, 0.3) is 0 Å². The summed E-state index contributed by atoms with van der Waals surface area (Å²) < 4.78 is 0. The van der Waals surface area contributed by atoms with Crippen molar-refractivity contribution in [1.29, 1.82) is 0 Å². The molecule has 0 saturated carbocycles. The number of amides is 1. The van der Waals surface area contributed by atoms with E-state index in [9.17, 15) is 4.79 Å². The van der Waals surface area contributed by atoms with Crippen molar-refractivity contribution >= 4 is 5.91 Å². The normalized spacial score (nSPS) is 19.5. The van der Waals surface area contributed by atoms with Gasteiger partial charge in [0.2, 0.25) is 5.91 Å². The van der Waals surface area contributed by atoms with Crippen LogP contribution in [0.2, 0.25) is 0 Å². The maximum Gasteiger partial charge on any atom is 0.234 e. The summed E-state index contributed by atoms with van der Waals surface area (Å²) in [5.41, 5.74) is -0.126. The molecule has 1 aliphatic rings. The van der Waals surface area contributed by atoms with Crippen molar-refractivity contribution in [2.45, 2.75) is 47.1 Å². The van der Waals surface area contributed by atoms with Gasteiger partial charge in [0.25, 0.3) is 0 Å². The summed E-state index contributed by atoms with van der Waals surface area (Å²) in [4.78, 5) is 16.8. The van der Waals surface area contributed by atoms with Crippen LogP contribution in [0.5, 0.6) is 0 Å². The van der Waals surface area contributed by atoms with Gasteiger partial charge in [0.15, 0.2) is 0 Å². The molecule has 1 saturated heterocycles. The van der Waals surface area contributed by atoms with E-state index in [4.69, 9.17) is 0 Å². The van der Waals surface area contributed by atoms with E-state index in [2.05, 4.69) is 56.7 Å². The SMILES string of the molecule is CCN1CCN(CC(=O)NC(C)(C)C(C)(C)C)CC1. The topological polar surface area (TPSA) is 35.6 Å². The van der Waals surface area contributed by atoms with E-state index < -0.39 is 0 Å². The van der Waals surface area contributed by atoms with Crippen molar-refractivity contribution in [3.63, 3.8) is 0 Å². The molecule has 1 N–H and O–H groups in total. The van der Waals surface area contributed by atoms with Gasteiger partial charge < -0.3 is 10.2 Å². The summed E-state index contributed by atoms with van der Waals surface area (Å²) in [5.74, 6) is 0.143. The monoisotopic (exact) mass is 269 g/mol. The number of hydrogen-bond acceptors (Lipinski definition) is 3. The molecule has 0 spiro atoms. The Labute approximate surface area is 118 Å². The standard InChI is InChI=1S/C15H31N3O/c1-7-17-8-10-18(11-9-17)12-13(19)16-15(5,6)14(2,3)4/h7-12H2,1-6H3,(H,16,19). The minimum Gasteiger partial charge on any atom is -0.350 e. The van der Waals surface area contributed by atoms with Crippen molar-refractivity contribution in [3.05, 3.63) is 0 Å². The van der Waals surface area contributed by atoms with E-state index in [1.165, 1.54) is 0 Å². The van der Waals surface area contributed by atoms with Crippen LogP contribution in [0.3, 0.4) is 0 Å². The molecule has 0 atom stereocenters. The first-order valence-electron chi connectivity index (χ1n) is 7.41. The average molecular weight is 269 g/mol. The van der Waals surface area contributed by atoms with Crippen molar-refractivity contribution in [3.8, 4) is 0 Å². The second-order valence-corrected chi connectivity index (χ2v) is 7.13. The Hall–Kier alpha value is -0.610. The number of carbonyl (C=O) groups is 1. The fourth-order valence-corrected chi connectivity index (χ4v) is 2.04. The highest BCUT2D eigenvalue weighted by molar-refractivity contribution is 5.78. The number of nitrogens with one attached hydrogen (secondary N) is 1. The Morgan fingerprint density at radius 1 is 1.00 bits per heavy atom. The van der Waals surface area contributed by atoms with E-state index in [0.29, 0.717) is 6.54 Å². The molecule has 1 aliphatic heterocycles. The molecule has 0 bridgehead atoms. The van der Waals surface area contributed by atoms with Crippen molar-refractivity contribution in [1.82, 2.24) is 15.1 Å². The largest absolute Gasteiger partial charge is 0.350 e. The third kappa shape index (κ3) is 4.77. The molecule has 0 aliphatic carbocycles. The molecule has 19 heavy (non-hydrogen) atoms. The van der Waals surface area contributed by atoms with Crippen molar-refractivity contribution in [2.75, 3.05) is 39.3 Å². The van der Waals surface area contributed by atoms with Gasteiger partial charge in [-0.3, -0.25) is 9.69 Å². The van der Waals surface area contributed by atoms with Gasteiger partial charge in [0.1, 0.15) is 0 Å². The van der Waals surface area contributed by atoms with Gasteiger partial charge in [-0.1, -0.05) is 27.7 Å². The van der Waals surface area contributed by atoms with Crippen LogP contribution in [0.15, 0.2) is 0 Å². The molecule has 1 heterocycles. The van der Waals surface area contributed by atoms with Gasteiger partial charge in [0.05, 0.1) is 6.54 Å². The van der Waals surface area contributed by atoms with Crippen LogP contribution >= 0.6 is 0 Å². The average Bonchev–Trinajstić information content (AvgIpc) is 2.27. The first kappa shape index (κ1) is 16.4. The molecule has 1 fully saturated rings. The highest BCUT2D eigenvalue weighted by atomic mass is 16.2. The maximum absolute atomic E-state index is 12.2. The van der Waals surface area contributed by atoms with Gasteiger partial charge in [-0.2, -0.15) is 0 Å². The summed E-state index contributed by atoms with van der Waals surface area (Å²) in [7, 11) is 0. The zero-order valence-electron chi connectivity index (χ0n) is 13.5. The summed E-state index contributed by atoms with van der Waals surface area (Å²) in [6.45, 7) is 18.6. The maximum atomic E-state index is 12.2. The van der Waals surface area contributed by atoms with Crippen molar-refractivity contribution < 1.29 is 4.79 Å². The molecule has 0 radical (unpaired) electrons. The number of piperazine rings is 1. The molecule has 1 rings (SSSR count). The second kappa shape index (κ2) is 6.23. The molecule has 0 unspecified atom stereocenters. The third-order valence-corrected chi connectivity index (χ3v) is 4.61. The van der Waals surface area contributed by atoms with Gasteiger partial charge in [-0.25, -0.2) is 0 Å². The first-order valence-corrected chi connectivity index (χ1v) is 7.41. The molecule has 112 valence electrons. The third-order valence-electron chi connectivity index (χ3n) is 4.61. The molecular weight excluding hydrogens is 238 g/mol. The molecule has 0 aromatic carbocycles. The molecule has 0 aromatic rings. The van der Waals surface area contributed by atoms with E-state index in [1.807, 2.05) is 0 Å². The molecule has 4 nitrogen and oxygen atoms in total. The minimum atomic E-state index is -0.185. The van der Waals surface area contributed by atoms with Gasteiger partial charge in [-0.05, 0) is 25.8 Å². The number of nitrogens with zero attached hydrogens (tertiary/aromatic N) is 2. The summed E-state index contributed by atoms with van der Waals surface area (Å²) >= 11 is 0. The zero-order valence-corrected chi connectivity index (χ0v) is 13.5. The Balaban J connectivity index is 2.40. The number of likely N-dealkylation sites (N-methyl/N-ethyl adjacent to an activating group) is 1. The van der Waals surface area contributed by atoms with Crippen LogP contribution in [-0.2, 0) is 4.79 Å². The van der Waals surface area contributed by atoms with E-state index >= 15 is 0 Å². The summed E-state index contributed by atoms with van der Waals surface area (Å²) in [6.07, 6.45) is 0. The van der Waals surface area contributed by atoms with Crippen molar-refractivity contribution in [2.24, 2.45) is 5.41 Å². The lowest BCUT2D eigenvalue weighted by molar-refractivity contribution is -0.125. The number of hydrogen-bond donors (Lipinski definition) is 1. The Kier molecular flexibility index (Phi) is 5.39. The van der Waals surface area contributed by atoms with E-state index in [0.717, 1.165) is 32.7 Å². The Bertz CT molecular complexity index is 299. The molecule has 1 amide bonds. The van der Waals surface area contributed by atoms with E-state index in [1.54, 1.807) is 0 Å². The zero-order chi connectivity index (χ0) is 14.7. The lowest BCUT2D eigenvalue weighted by Crippen LogP contribution is -2.56. The molecular formula is C15H31N3O. The fraction of sp³-hybridized carbons (Fsp3) is 0.933. The summed E-state index contributed by atoms with van der Waals surface area (Å²) in [6, 6.07) is 0. The number of rotatable bonds is 4. The Morgan fingerprint density at radius 2 is 1.47 bits per heavy atom. The quantitative estimate of drug-likeness (QED) is 0.841. The Morgan fingerprint density at radius 3 is 1.89 bits per heavy atom. The predicted molar refractivity (Wildman–Crippen MR) is 80.2 cm³/mol. The minimum absolute atomic E-state index is 0.0591. The van der Waals surface area contributed by atoms with Gasteiger partial charge in [0, 0.05) is 31.7 Å². The van der Waals surface area contributed by atoms with E-state index in [-0.39, 0.29) is 16.9 Å². The number of carbonyl (C=O) groups excluding carboxylic acids is 1. The van der Waals surface area contributed by atoms with Gasteiger partial charge in [-0.15, -0.1) is 0 Å². The smallest absolute Gasteiger partial charge is 0.234 e. The van der Waals surface area contributed by atoms with Crippen LogP contribution in [0.4, 0.5) is 0 Å². The van der Waals surface area contributed by atoms with Crippen LogP contribution in [-0.4, -0.2) is 60.5 Å². The molecule has 0 aromatic heterocycles. The van der Waals surface area contributed by atoms with Gasteiger partial charge >= 0.3 is 0 Å². The highest BCUT2D eigenvalue weighted by Crippen LogP contribution is 2.29. The first-order chi connectivity index (χ1) is 8.65. The lowest BCUT2D eigenvalue weighted by atomic mass is 9.76. The fourth-order valence-electron chi connectivity index (χ4n) is 2.04.